The minimum atomic E-state index is -1.07. The summed E-state index contributed by atoms with van der Waals surface area (Å²) >= 11 is 0. The first kappa shape index (κ1) is 16.8. The van der Waals surface area contributed by atoms with Crippen molar-refractivity contribution in [2.75, 3.05) is 13.7 Å². The van der Waals surface area contributed by atoms with Crippen LogP contribution in [0.3, 0.4) is 0 Å². The first-order valence-electron chi connectivity index (χ1n) is 6.85. The van der Waals surface area contributed by atoms with Gasteiger partial charge in [0, 0.05) is 6.54 Å². The van der Waals surface area contributed by atoms with Crippen LogP contribution in [0.1, 0.15) is 37.0 Å². The van der Waals surface area contributed by atoms with E-state index in [0.29, 0.717) is 12.3 Å². The molecule has 1 amide bonds. The summed E-state index contributed by atoms with van der Waals surface area (Å²) < 4.78 is 10.6. The number of methoxy groups -OCH3 is 1. The van der Waals surface area contributed by atoms with Crippen molar-refractivity contribution in [3.05, 3.63) is 23.8 Å². The van der Waals surface area contributed by atoms with Gasteiger partial charge in [0.15, 0.2) is 17.6 Å². The number of nitrogens with one attached hydrogen (secondary N) is 1. The highest BCUT2D eigenvalue weighted by Gasteiger charge is 2.17. The minimum absolute atomic E-state index is 0.0735. The number of amides is 1. The van der Waals surface area contributed by atoms with Gasteiger partial charge in [0.25, 0.3) is 5.91 Å². The van der Waals surface area contributed by atoms with Crippen LogP contribution in [0.5, 0.6) is 11.5 Å². The fraction of sp³-hybridized carbons (Fsp3) is 0.467. The van der Waals surface area contributed by atoms with Crippen molar-refractivity contribution in [1.82, 2.24) is 5.32 Å². The third-order valence-corrected chi connectivity index (χ3v) is 2.91. The molecule has 0 saturated heterocycles. The summed E-state index contributed by atoms with van der Waals surface area (Å²) in [7, 11) is 1.45. The quantitative estimate of drug-likeness (QED) is 0.717. The van der Waals surface area contributed by atoms with Crippen LogP contribution in [-0.4, -0.2) is 36.7 Å². The van der Waals surface area contributed by atoms with Gasteiger partial charge < -0.3 is 19.9 Å². The number of carboxylic acids is 1. The van der Waals surface area contributed by atoms with Gasteiger partial charge in [-0.2, -0.15) is 0 Å². The van der Waals surface area contributed by atoms with Crippen molar-refractivity contribution >= 4 is 11.9 Å². The van der Waals surface area contributed by atoms with Gasteiger partial charge in [-0.25, -0.2) is 4.79 Å². The van der Waals surface area contributed by atoms with E-state index >= 15 is 0 Å². The van der Waals surface area contributed by atoms with Gasteiger partial charge in [0.1, 0.15) is 0 Å². The molecule has 6 heteroatoms. The maximum absolute atomic E-state index is 11.8. The second kappa shape index (κ2) is 8.14. The zero-order valence-corrected chi connectivity index (χ0v) is 12.5. The first-order chi connectivity index (χ1) is 9.99. The summed E-state index contributed by atoms with van der Waals surface area (Å²) in [6, 6.07) is 4.26. The van der Waals surface area contributed by atoms with E-state index in [2.05, 4.69) is 5.32 Å². The van der Waals surface area contributed by atoms with Crippen molar-refractivity contribution < 1.29 is 24.2 Å². The predicted molar refractivity (Wildman–Crippen MR) is 78.0 cm³/mol. The maximum Gasteiger partial charge on any atom is 0.335 e. The minimum Gasteiger partial charge on any atom is -0.493 e. The Kier molecular flexibility index (Phi) is 6.52. The Morgan fingerprint density at radius 3 is 2.62 bits per heavy atom. The van der Waals surface area contributed by atoms with Crippen LogP contribution < -0.4 is 14.8 Å². The van der Waals surface area contributed by atoms with Crippen LogP contribution in [0.2, 0.25) is 0 Å². The lowest BCUT2D eigenvalue weighted by molar-refractivity contribution is -0.127. The highest BCUT2D eigenvalue weighted by molar-refractivity contribution is 5.88. The largest absolute Gasteiger partial charge is 0.493 e. The van der Waals surface area contributed by atoms with Gasteiger partial charge in [0.05, 0.1) is 12.7 Å². The zero-order valence-electron chi connectivity index (χ0n) is 12.5. The topological polar surface area (TPSA) is 84.9 Å². The van der Waals surface area contributed by atoms with Crippen LogP contribution in [0.25, 0.3) is 0 Å². The summed E-state index contributed by atoms with van der Waals surface area (Å²) in [5.74, 6) is -0.697. The number of carbonyl (C=O) groups is 2. The van der Waals surface area contributed by atoms with Crippen LogP contribution in [0.4, 0.5) is 0 Å². The average molecular weight is 295 g/mol. The van der Waals surface area contributed by atoms with E-state index in [1.54, 1.807) is 6.92 Å². The standard InChI is InChI=1S/C15H21NO5/c1-4-5-8-16-14(17)10(2)21-13-9-11(15(18)19)6-7-12(13)20-3/h6-7,9-10H,4-5,8H2,1-3H3,(H,16,17)(H,18,19). The molecule has 6 nitrogen and oxygen atoms in total. The monoisotopic (exact) mass is 295 g/mol. The van der Waals surface area contributed by atoms with Crippen LogP contribution in [0, 0.1) is 0 Å². The molecule has 0 aliphatic heterocycles. The average Bonchev–Trinajstić information content (AvgIpc) is 2.47. The van der Waals surface area contributed by atoms with Crippen molar-refractivity contribution in [3.8, 4) is 11.5 Å². The molecule has 1 atom stereocenters. The van der Waals surface area contributed by atoms with Crippen molar-refractivity contribution in [1.29, 1.82) is 0 Å². The Morgan fingerprint density at radius 1 is 1.33 bits per heavy atom. The maximum atomic E-state index is 11.8. The van der Waals surface area contributed by atoms with Gasteiger partial charge in [0.2, 0.25) is 0 Å². The zero-order chi connectivity index (χ0) is 15.8. The van der Waals surface area contributed by atoms with E-state index in [-0.39, 0.29) is 17.2 Å². The van der Waals surface area contributed by atoms with E-state index < -0.39 is 12.1 Å². The number of hydrogen-bond acceptors (Lipinski definition) is 4. The summed E-state index contributed by atoms with van der Waals surface area (Å²) in [5.41, 5.74) is 0.0735. The predicted octanol–water partition coefficient (Wildman–Crippen LogP) is 2.08. The van der Waals surface area contributed by atoms with Crippen LogP contribution in [0.15, 0.2) is 18.2 Å². The highest BCUT2D eigenvalue weighted by Crippen LogP contribution is 2.29. The normalized spacial score (nSPS) is 11.6. The smallest absolute Gasteiger partial charge is 0.335 e. The molecule has 0 aliphatic rings. The number of ether oxygens (including phenoxy) is 2. The number of carbonyl (C=O) groups excluding carboxylic acids is 1. The second-order valence-corrected chi connectivity index (χ2v) is 4.58. The molecular formula is C15H21NO5. The van der Waals surface area contributed by atoms with Gasteiger partial charge in [-0.3, -0.25) is 4.79 Å². The molecule has 0 spiro atoms. The van der Waals surface area contributed by atoms with E-state index in [1.165, 1.54) is 25.3 Å². The Labute approximate surface area is 124 Å². The van der Waals surface area contributed by atoms with Gasteiger partial charge >= 0.3 is 5.97 Å². The molecule has 1 rings (SSSR count). The number of rotatable bonds is 8. The lowest BCUT2D eigenvalue weighted by Crippen LogP contribution is -2.36. The molecule has 0 aliphatic carbocycles. The number of benzene rings is 1. The molecule has 0 bridgehead atoms. The fourth-order valence-corrected chi connectivity index (χ4v) is 1.68. The molecule has 1 aromatic carbocycles. The molecule has 0 radical (unpaired) electrons. The molecule has 0 aromatic heterocycles. The van der Waals surface area contributed by atoms with E-state index in [0.717, 1.165) is 12.8 Å². The molecule has 116 valence electrons. The number of unbranched alkanes of at least 4 members (excludes halogenated alkanes) is 1. The summed E-state index contributed by atoms with van der Waals surface area (Å²) in [6.07, 6.45) is 1.15. The Bertz CT molecular complexity index is 501. The number of carboxylic acid groups (broad SMARTS) is 1. The summed E-state index contributed by atoms with van der Waals surface area (Å²) in [4.78, 5) is 22.8. The second-order valence-electron chi connectivity index (χ2n) is 4.58. The van der Waals surface area contributed by atoms with Gasteiger partial charge in [-0.05, 0) is 31.5 Å². The Morgan fingerprint density at radius 2 is 2.05 bits per heavy atom. The van der Waals surface area contributed by atoms with E-state index in [4.69, 9.17) is 14.6 Å². The number of hydrogen-bond donors (Lipinski definition) is 2. The van der Waals surface area contributed by atoms with Crippen LogP contribution in [-0.2, 0) is 4.79 Å². The van der Waals surface area contributed by atoms with E-state index in [9.17, 15) is 9.59 Å². The SMILES string of the molecule is CCCCNC(=O)C(C)Oc1cc(C(=O)O)ccc1OC. The molecule has 21 heavy (non-hydrogen) atoms. The number of aromatic carboxylic acids is 1. The third kappa shape index (κ3) is 4.98. The summed E-state index contributed by atoms with van der Waals surface area (Å²) in [5, 5.41) is 11.7. The molecule has 1 aromatic rings. The molecule has 1 unspecified atom stereocenters. The summed E-state index contributed by atoms with van der Waals surface area (Å²) in [6.45, 7) is 4.23. The lowest BCUT2D eigenvalue weighted by Gasteiger charge is -2.17. The molecule has 0 heterocycles. The molecule has 0 saturated carbocycles. The molecule has 0 fully saturated rings. The first-order valence-corrected chi connectivity index (χ1v) is 6.85. The molecule has 2 N–H and O–H groups in total. The van der Waals surface area contributed by atoms with Crippen molar-refractivity contribution in [3.63, 3.8) is 0 Å². The lowest BCUT2D eigenvalue weighted by atomic mass is 10.2. The van der Waals surface area contributed by atoms with E-state index in [1.807, 2.05) is 6.92 Å². The molecular weight excluding hydrogens is 274 g/mol. The Balaban J connectivity index is 2.78. The van der Waals surface area contributed by atoms with Crippen molar-refractivity contribution in [2.24, 2.45) is 0 Å². The van der Waals surface area contributed by atoms with Crippen molar-refractivity contribution in [2.45, 2.75) is 32.8 Å². The fourth-order valence-electron chi connectivity index (χ4n) is 1.68. The Hall–Kier alpha value is -2.24. The third-order valence-electron chi connectivity index (χ3n) is 2.91. The highest BCUT2D eigenvalue weighted by atomic mass is 16.5. The van der Waals surface area contributed by atoms with Gasteiger partial charge in [-0.1, -0.05) is 13.3 Å². The van der Waals surface area contributed by atoms with Gasteiger partial charge in [-0.15, -0.1) is 0 Å². The van der Waals surface area contributed by atoms with Crippen LogP contribution >= 0.6 is 0 Å².